The Morgan fingerprint density at radius 3 is 2.74 bits per heavy atom. The Bertz CT molecular complexity index is 821. The number of hydrogen-bond donors (Lipinski definition) is 1. The van der Waals surface area contributed by atoms with Gasteiger partial charge in [0.15, 0.2) is 5.96 Å². The van der Waals surface area contributed by atoms with Crippen LogP contribution in [0.25, 0.3) is 0 Å². The van der Waals surface area contributed by atoms with Crippen LogP contribution in [-0.2, 0) is 11.2 Å². The van der Waals surface area contributed by atoms with E-state index in [0.717, 1.165) is 43.3 Å². The van der Waals surface area contributed by atoms with Crippen LogP contribution >= 0.6 is 35.7 Å². The lowest BCUT2D eigenvalue weighted by atomic mass is 10.2. The van der Waals surface area contributed by atoms with E-state index in [2.05, 4.69) is 44.5 Å². The van der Waals surface area contributed by atoms with Crippen molar-refractivity contribution in [2.75, 3.05) is 46.0 Å². The molecule has 3 rings (SSSR count). The Hall–Kier alpha value is -1.81. The van der Waals surface area contributed by atoms with Crippen LogP contribution < -0.4 is 5.32 Å². The molecule has 1 fully saturated rings. The third-order valence-corrected chi connectivity index (χ3v) is 6.52. The van der Waals surface area contributed by atoms with E-state index in [4.69, 9.17) is 0 Å². The molecule has 1 unspecified atom stereocenters. The number of halogens is 1. The van der Waals surface area contributed by atoms with Gasteiger partial charge < -0.3 is 15.1 Å². The largest absolute Gasteiger partial charge is 0.347 e. The van der Waals surface area contributed by atoms with Crippen molar-refractivity contribution in [1.29, 1.82) is 0 Å². The van der Waals surface area contributed by atoms with Gasteiger partial charge in [-0.1, -0.05) is 24.3 Å². The zero-order chi connectivity index (χ0) is 21.2. The molecule has 0 spiro atoms. The third kappa shape index (κ3) is 8.33. The van der Waals surface area contributed by atoms with Crippen LogP contribution in [0.4, 0.5) is 0 Å². The highest BCUT2D eigenvalue weighted by atomic mass is 127. The quantitative estimate of drug-likeness (QED) is 0.235. The minimum Gasteiger partial charge on any atom is -0.347 e. The number of thioether (sulfide) groups is 1. The first kappa shape index (κ1) is 25.5. The van der Waals surface area contributed by atoms with Crippen molar-refractivity contribution in [3.8, 4) is 0 Å². The van der Waals surface area contributed by atoms with Crippen LogP contribution in [0, 0.1) is 5.92 Å². The Balaban J connectivity index is 0.00000341. The first-order valence-corrected chi connectivity index (χ1v) is 11.4. The first-order chi connectivity index (χ1) is 14.7. The highest BCUT2D eigenvalue weighted by Gasteiger charge is 2.25. The molecule has 31 heavy (non-hydrogen) atoms. The van der Waals surface area contributed by atoms with Gasteiger partial charge >= 0.3 is 0 Å². The maximum atomic E-state index is 12.5. The number of rotatable bonds is 8. The predicted octanol–water partition coefficient (Wildman–Crippen LogP) is 3.39. The molecule has 0 bridgehead atoms. The van der Waals surface area contributed by atoms with Crippen molar-refractivity contribution in [2.45, 2.75) is 17.7 Å². The number of aliphatic imine (C=N–C) groups is 1. The average Bonchev–Trinajstić information content (AvgIpc) is 3.26. The van der Waals surface area contributed by atoms with Gasteiger partial charge in [-0.05, 0) is 36.6 Å². The molecular formula is C23H32IN5OS. The van der Waals surface area contributed by atoms with Crippen LogP contribution in [0.15, 0.2) is 64.6 Å². The lowest BCUT2D eigenvalue weighted by Crippen LogP contribution is -2.45. The van der Waals surface area contributed by atoms with E-state index in [-0.39, 0.29) is 36.4 Å². The Kier molecular flexibility index (Phi) is 11.1. The second-order valence-electron chi connectivity index (χ2n) is 7.51. The van der Waals surface area contributed by atoms with Gasteiger partial charge in [0.25, 0.3) is 0 Å². The number of guanidine groups is 1. The Morgan fingerprint density at radius 1 is 1.26 bits per heavy atom. The summed E-state index contributed by atoms with van der Waals surface area (Å²) < 4.78 is 0. The molecule has 168 valence electrons. The maximum absolute atomic E-state index is 12.5. The molecule has 8 heteroatoms. The molecule has 0 radical (unpaired) electrons. The fourth-order valence-corrected chi connectivity index (χ4v) is 4.52. The van der Waals surface area contributed by atoms with Crippen LogP contribution in [0.1, 0.15) is 12.1 Å². The lowest BCUT2D eigenvalue weighted by molar-refractivity contribution is -0.128. The van der Waals surface area contributed by atoms with Gasteiger partial charge in [0.05, 0.1) is 6.54 Å². The van der Waals surface area contributed by atoms with E-state index in [1.165, 1.54) is 4.90 Å². The number of amides is 1. The molecule has 2 aromatic rings. The van der Waals surface area contributed by atoms with Crippen LogP contribution in [-0.4, -0.2) is 72.7 Å². The molecule has 1 aromatic heterocycles. The number of benzene rings is 1. The minimum atomic E-state index is 0. The number of likely N-dealkylation sites (tertiary alicyclic amines) is 1. The Labute approximate surface area is 206 Å². The predicted molar refractivity (Wildman–Crippen MR) is 139 cm³/mol. The zero-order valence-corrected chi connectivity index (χ0v) is 21.4. The third-order valence-electron chi connectivity index (χ3n) is 5.28. The summed E-state index contributed by atoms with van der Waals surface area (Å²) in [6.07, 6.45) is 3.69. The van der Waals surface area contributed by atoms with E-state index in [1.807, 2.05) is 43.1 Å². The second kappa shape index (κ2) is 13.6. The molecule has 1 amide bonds. The van der Waals surface area contributed by atoms with E-state index in [0.29, 0.717) is 12.5 Å². The summed E-state index contributed by atoms with van der Waals surface area (Å²) in [6.45, 7) is 2.86. The number of carbonyl (C=O) groups excluding carboxylic acids is 1. The highest BCUT2D eigenvalue weighted by Crippen LogP contribution is 2.25. The zero-order valence-electron chi connectivity index (χ0n) is 18.2. The van der Waals surface area contributed by atoms with Crippen LogP contribution in [0.5, 0.6) is 0 Å². The van der Waals surface area contributed by atoms with Gasteiger partial charge in [-0.25, -0.2) is 0 Å². The summed E-state index contributed by atoms with van der Waals surface area (Å²) in [5.74, 6) is 2.61. The topological polar surface area (TPSA) is 60.8 Å². The van der Waals surface area contributed by atoms with Crippen molar-refractivity contribution in [3.05, 3.63) is 60.4 Å². The molecule has 1 aromatic carbocycles. The summed E-state index contributed by atoms with van der Waals surface area (Å²) in [4.78, 5) is 26.5. The van der Waals surface area contributed by atoms with E-state index in [1.54, 1.807) is 18.1 Å². The summed E-state index contributed by atoms with van der Waals surface area (Å²) in [7, 11) is 3.62. The summed E-state index contributed by atoms with van der Waals surface area (Å²) in [6, 6.07) is 16.4. The molecule has 1 N–H and O–H groups in total. The van der Waals surface area contributed by atoms with Crippen molar-refractivity contribution in [2.24, 2.45) is 10.9 Å². The number of hydrogen-bond acceptors (Lipinski definition) is 4. The van der Waals surface area contributed by atoms with E-state index in [9.17, 15) is 4.79 Å². The number of likely N-dealkylation sites (N-methyl/N-ethyl adjacent to an activating group) is 1. The first-order valence-electron chi connectivity index (χ1n) is 10.4. The molecule has 6 nitrogen and oxygen atoms in total. The van der Waals surface area contributed by atoms with Gasteiger partial charge in [0.1, 0.15) is 0 Å². The fourth-order valence-electron chi connectivity index (χ4n) is 3.47. The lowest BCUT2D eigenvalue weighted by Gasteiger charge is -2.23. The Morgan fingerprint density at radius 2 is 2.03 bits per heavy atom. The number of nitrogens with zero attached hydrogens (tertiary/aromatic N) is 4. The molecule has 1 aliphatic rings. The molecule has 0 saturated carbocycles. The van der Waals surface area contributed by atoms with Crippen molar-refractivity contribution >= 4 is 47.6 Å². The van der Waals surface area contributed by atoms with Gasteiger partial charge in [-0.3, -0.25) is 14.8 Å². The highest BCUT2D eigenvalue weighted by molar-refractivity contribution is 14.0. The number of aromatic nitrogens is 1. The van der Waals surface area contributed by atoms with Crippen molar-refractivity contribution in [1.82, 2.24) is 20.1 Å². The number of pyridine rings is 1. The van der Waals surface area contributed by atoms with E-state index >= 15 is 0 Å². The second-order valence-corrected chi connectivity index (χ2v) is 8.61. The summed E-state index contributed by atoms with van der Waals surface area (Å²) in [5, 5.41) is 3.25. The molecule has 0 aliphatic carbocycles. The molecule has 1 aliphatic heterocycles. The van der Waals surface area contributed by atoms with Gasteiger partial charge in [-0.2, -0.15) is 0 Å². The normalized spacial score (nSPS) is 16.0. The minimum absolute atomic E-state index is 0. The smallest absolute Gasteiger partial charge is 0.241 e. The number of nitrogens with one attached hydrogen (secondary N) is 1. The van der Waals surface area contributed by atoms with E-state index < -0.39 is 0 Å². The standard InChI is InChI=1S/C23H31N5OS.HI/c1-24-23(26-16-22(29)27(2)14-12-20-8-6-7-13-25-20)28-15-11-19(17-28)18-30-21-9-4-3-5-10-21;/h3-10,13,19H,11-12,14-18H2,1-2H3,(H,24,26);1H. The molecular weight excluding hydrogens is 521 g/mol. The fraction of sp³-hybridized carbons (Fsp3) is 0.435. The maximum Gasteiger partial charge on any atom is 0.241 e. The summed E-state index contributed by atoms with van der Waals surface area (Å²) >= 11 is 1.91. The van der Waals surface area contributed by atoms with Gasteiger partial charge in [0.2, 0.25) is 5.91 Å². The average molecular weight is 554 g/mol. The van der Waals surface area contributed by atoms with Crippen molar-refractivity contribution in [3.63, 3.8) is 0 Å². The van der Waals surface area contributed by atoms with Crippen molar-refractivity contribution < 1.29 is 4.79 Å². The van der Waals surface area contributed by atoms with Crippen LogP contribution in [0.2, 0.25) is 0 Å². The molecule has 2 heterocycles. The monoisotopic (exact) mass is 553 g/mol. The molecule has 1 atom stereocenters. The molecule has 1 saturated heterocycles. The summed E-state index contributed by atoms with van der Waals surface area (Å²) in [5.41, 5.74) is 0.998. The van der Waals surface area contributed by atoms with Gasteiger partial charge in [0, 0.05) is 62.7 Å². The van der Waals surface area contributed by atoms with Gasteiger partial charge in [-0.15, -0.1) is 35.7 Å². The van der Waals surface area contributed by atoms with Crippen LogP contribution in [0.3, 0.4) is 0 Å². The number of carbonyl (C=O) groups is 1. The SMILES string of the molecule is CN=C(NCC(=O)N(C)CCc1ccccn1)N1CCC(CSc2ccccc2)C1.I.